The maximum absolute atomic E-state index is 14.2. The average Bonchev–Trinajstić information content (AvgIpc) is 3.69. The van der Waals surface area contributed by atoms with Gasteiger partial charge in [0.1, 0.15) is 17.2 Å². The van der Waals surface area contributed by atoms with Crippen LogP contribution in [0.15, 0.2) is 122 Å². The fourth-order valence-electron chi connectivity index (χ4n) is 5.55. The zero-order chi connectivity index (χ0) is 34.1. The molecule has 48 heavy (non-hydrogen) atoms. The molecule has 244 valence electrons. The zero-order valence-electron chi connectivity index (χ0n) is 26.9. The van der Waals surface area contributed by atoms with Crippen molar-refractivity contribution in [1.29, 1.82) is 0 Å². The van der Waals surface area contributed by atoms with E-state index < -0.39 is 22.9 Å². The van der Waals surface area contributed by atoms with Gasteiger partial charge in [-0.15, -0.1) is 10.2 Å². The summed E-state index contributed by atoms with van der Waals surface area (Å²) in [7, 11) is 3.71. The largest absolute Gasteiger partial charge is 0.493 e. The van der Waals surface area contributed by atoms with E-state index in [9.17, 15) is 19.8 Å². The lowest BCUT2D eigenvalue weighted by Gasteiger charge is -2.27. The van der Waals surface area contributed by atoms with Crippen LogP contribution in [0.2, 0.25) is 0 Å². The van der Waals surface area contributed by atoms with Crippen LogP contribution in [-0.4, -0.2) is 56.6 Å². The molecule has 2 aromatic heterocycles. The minimum absolute atomic E-state index is 0.0938. The van der Waals surface area contributed by atoms with Crippen LogP contribution < -0.4 is 20.9 Å². The van der Waals surface area contributed by atoms with Crippen molar-refractivity contribution in [2.75, 3.05) is 37.2 Å². The van der Waals surface area contributed by atoms with Crippen molar-refractivity contribution in [3.05, 3.63) is 130 Å². The second-order valence-electron chi connectivity index (χ2n) is 11.4. The Morgan fingerprint density at radius 3 is 1.33 bits per heavy atom. The van der Waals surface area contributed by atoms with Crippen LogP contribution in [0.25, 0.3) is 0 Å². The van der Waals surface area contributed by atoms with Gasteiger partial charge in [-0.3, -0.25) is 9.59 Å². The summed E-state index contributed by atoms with van der Waals surface area (Å²) < 4.78 is 1.69. The van der Waals surface area contributed by atoms with Gasteiger partial charge in [-0.25, -0.2) is 9.13 Å². The van der Waals surface area contributed by atoms with Crippen molar-refractivity contribution in [2.45, 2.75) is 13.8 Å². The van der Waals surface area contributed by atoms with Gasteiger partial charge in [-0.2, -0.15) is 10.2 Å². The van der Waals surface area contributed by atoms with Gasteiger partial charge in [0.2, 0.25) is 11.8 Å². The molecule has 2 N–H and O–H groups in total. The predicted molar refractivity (Wildman–Crippen MR) is 184 cm³/mol. The number of azo groups is 2. The number of nitrogens with zero attached hydrogens (tertiary/aromatic N) is 10. The summed E-state index contributed by atoms with van der Waals surface area (Å²) >= 11 is 0. The standard InChI is InChI=1S/C34H34N10O4/c1-22-27(37-35-25-12-8-6-9-13-25)31(45)43(33(47)29(22)41-18-16-39(4)20-41)24(3)44-32(46)28(38-36-26-14-10-7-11-15-26)23(2)30(34(44)48)42-19-17-40(5)21-42/h6-19,47-48H,3,20-21H2,1-2,4-5H3. The summed E-state index contributed by atoms with van der Waals surface area (Å²) in [6.07, 6.45) is 7.09. The SMILES string of the molecule is C=C(n1c(O)c(N2C=CN(C)C2)c(C)c(N=Nc2ccccc2)c1=O)n1c(O)c(N2C=CN(C)C2)c(C)c(N=Nc2ccccc2)c1=O. The number of pyridine rings is 2. The van der Waals surface area contributed by atoms with Crippen LogP contribution in [0.1, 0.15) is 11.1 Å². The molecule has 0 saturated heterocycles. The van der Waals surface area contributed by atoms with Crippen LogP contribution >= 0.6 is 0 Å². The van der Waals surface area contributed by atoms with E-state index in [1.807, 2.05) is 48.4 Å². The summed E-state index contributed by atoms with van der Waals surface area (Å²) in [6, 6.07) is 17.8. The molecule has 4 heterocycles. The maximum atomic E-state index is 14.2. The normalized spacial score (nSPS) is 14.4. The number of anilines is 2. The summed E-state index contributed by atoms with van der Waals surface area (Å²) in [5.41, 5.74) is 0.394. The molecule has 0 unspecified atom stereocenters. The quantitative estimate of drug-likeness (QED) is 0.221. The Hall–Kier alpha value is -6.44. The van der Waals surface area contributed by atoms with Crippen molar-refractivity contribution in [1.82, 2.24) is 18.9 Å². The Labute approximate surface area is 276 Å². The first-order valence-corrected chi connectivity index (χ1v) is 15.0. The fraction of sp³-hybridized carbons (Fsp3) is 0.176. The summed E-state index contributed by atoms with van der Waals surface area (Å²) in [5.74, 6) is -1.38. The molecule has 0 spiro atoms. The Morgan fingerprint density at radius 2 is 1.00 bits per heavy atom. The number of aromatic nitrogens is 2. The molecule has 0 bridgehead atoms. The molecule has 0 fully saturated rings. The lowest BCUT2D eigenvalue weighted by atomic mass is 10.1. The monoisotopic (exact) mass is 646 g/mol. The predicted octanol–water partition coefficient (Wildman–Crippen LogP) is 6.02. The molecular formula is C34H34N10O4. The van der Waals surface area contributed by atoms with Gasteiger partial charge in [0.15, 0.2) is 11.4 Å². The van der Waals surface area contributed by atoms with Gasteiger partial charge in [0.05, 0.1) is 24.7 Å². The number of hydrogen-bond acceptors (Lipinski definition) is 12. The van der Waals surface area contributed by atoms with Crippen molar-refractivity contribution in [3.8, 4) is 11.8 Å². The molecule has 2 aromatic carbocycles. The zero-order valence-corrected chi connectivity index (χ0v) is 26.9. The minimum Gasteiger partial charge on any atom is -0.493 e. The summed E-state index contributed by atoms with van der Waals surface area (Å²) in [4.78, 5) is 35.6. The first kappa shape index (κ1) is 31.5. The van der Waals surface area contributed by atoms with Gasteiger partial charge in [-0.1, -0.05) is 43.0 Å². The number of rotatable bonds is 8. The Bertz CT molecular complexity index is 1980. The Kier molecular flexibility index (Phi) is 8.38. The first-order chi connectivity index (χ1) is 23.1. The van der Waals surface area contributed by atoms with E-state index in [0.29, 0.717) is 35.8 Å². The lowest BCUT2D eigenvalue weighted by molar-refractivity contribution is 0.395. The molecular weight excluding hydrogens is 612 g/mol. The molecule has 0 aliphatic carbocycles. The molecule has 4 aromatic rings. The maximum Gasteiger partial charge on any atom is 0.287 e. The topological polar surface area (TPSA) is 147 Å². The third kappa shape index (κ3) is 5.70. The van der Waals surface area contributed by atoms with Gasteiger partial charge >= 0.3 is 0 Å². The molecule has 2 aliphatic heterocycles. The van der Waals surface area contributed by atoms with Crippen LogP contribution in [0.5, 0.6) is 11.8 Å². The van der Waals surface area contributed by atoms with Gasteiger partial charge in [-0.05, 0) is 38.1 Å². The van der Waals surface area contributed by atoms with Crippen molar-refractivity contribution < 1.29 is 10.2 Å². The lowest BCUT2D eigenvalue weighted by Crippen LogP contribution is -2.34. The second-order valence-corrected chi connectivity index (χ2v) is 11.4. The van der Waals surface area contributed by atoms with Crippen molar-refractivity contribution in [3.63, 3.8) is 0 Å². The summed E-state index contributed by atoms with van der Waals surface area (Å²) in [6.45, 7) is 8.07. The molecule has 2 aliphatic rings. The highest BCUT2D eigenvalue weighted by Gasteiger charge is 2.30. The van der Waals surface area contributed by atoms with Crippen LogP contribution in [-0.2, 0) is 0 Å². The second kappa shape index (κ2) is 12.7. The first-order valence-electron chi connectivity index (χ1n) is 15.0. The molecule has 14 nitrogen and oxygen atoms in total. The molecule has 0 saturated carbocycles. The van der Waals surface area contributed by atoms with E-state index in [-0.39, 0.29) is 28.6 Å². The molecule has 0 atom stereocenters. The Morgan fingerprint density at radius 1 is 0.625 bits per heavy atom. The number of aromatic hydroxyl groups is 2. The average molecular weight is 647 g/mol. The smallest absolute Gasteiger partial charge is 0.287 e. The highest BCUT2D eigenvalue weighted by molar-refractivity contribution is 5.72. The molecule has 6 rings (SSSR count). The van der Waals surface area contributed by atoms with E-state index in [1.165, 1.54) is 0 Å². The van der Waals surface area contributed by atoms with Crippen molar-refractivity contribution in [2.24, 2.45) is 20.5 Å². The van der Waals surface area contributed by atoms with Gasteiger partial charge in [0.25, 0.3) is 11.1 Å². The van der Waals surface area contributed by atoms with Crippen molar-refractivity contribution >= 4 is 34.1 Å². The fourth-order valence-corrected chi connectivity index (χ4v) is 5.55. The Balaban J connectivity index is 1.59. The highest BCUT2D eigenvalue weighted by atomic mass is 16.3. The number of benzene rings is 2. The van der Waals surface area contributed by atoms with E-state index in [2.05, 4.69) is 27.0 Å². The van der Waals surface area contributed by atoms with Crippen LogP contribution in [0, 0.1) is 19.7 Å². The van der Waals surface area contributed by atoms with Gasteiger partial charge < -0.3 is 29.8 Å². The third-order valence-corrected chi connectivity index (χ3v) is 7.97. The highest BCUT2D eigenvalue weighted by Crippen LogP contribution is 2.40. The van der Waals surface area contributed by atoms with Crippen LogP contribution in [0.3, 0.4) is 0 Å². The van der Waals surface area contributed by atoms with E-state index in [1.54, 1.807) is 84.6 Å². The third-order valence-electron chi connectivity index (χ3n) is 7.97. The van der Waals surface area contributed by atoms with E-state index in [0.717, 1.165) is 9.13 Å². The molecule has 0 radical (unpaired) electrons. The number of hydrogen-bond donors (Lipinski definition) is 2. The van der Waals surface area contributed by atoms with Gasteiger partial charge in [0, 0.05) is 50.0 Å². The summed E-state index contributed by atoms with van der Waals surface area (Å²) in [5, 5.41) is 40.7. The van der Waals surface area contributed by atoms with Crippen LogP contribution in [0.4, 0.5) is 34.1 Å². The van der Waals surface area contributed by atoms with E-state index in [4.69, 9.17) is 0 Å². The minimum atomic E-state index is -0.809. The molecule has 0 amide bonds. The van der Waals surface area contributed by atoms with E-state index >= 15 is 0 Å². The molecule has 14 heteroatoms.